The Morgan fingerprint density at radius 2 is 0.878 bits per heavy atom. The van der Waals surface area contributed by atoms with Crippen LogP contribution < -0.4 is 4.90 Å². The van der Waals surface area contributed by atoms with Crippen LogP contribution in [0.25, 0.3) is 44.2 Å². The summed E-state index contributed by atoms with van der Waals surface area (Å²) in [7, 11) is 0. The monoisotopic (exact) mass is 523 g/mol. The van der Waals surface area contributed by atoms with Crippen LogP contribution in [0.5, 0.6) is 0 Å². The lowest BCUT2D eigenvalue weighted by atomic mass is 9.89. The number of rotatable bonds is 6. The van der Waals surface area contributed by atoms with Crippen molar-refractivity contribution in [3.63, 3.8) is 0 Å². The van der Waals surface area contributed by atoms with Crippen LogP contribution >= 0.6 is 0 Å². The number of fused-ring (bicyclic) bond motifs is 1. The summed E-state index contributed by atoms with van der Waals surface area (Å²) in [5.41, 5.74) is 10.7. The molecule has 7 aromatic rings. The minimum Gasteiger partial charge on any atom is -0.310 e. The van der Waals surface area contributed by atoms with E-state index in [1.165, 1.54) is 44.2 Å². The molecule has 41 heavy (non-hydrogen) atoms. The van der Waals surface area contributed by atoms with Crippen molar-refractivity contribution in [3.8, 4) is 33.4 Å². The first-order valence-corrected chi connectivity index (χ1v) is 14.0. The standard InChI is InChI=1S/C40H29N/c1-4-13-30(14-5-1)34-18-12-21-37(29-34)41(35-19-8-3-9-20-35)36-26-23-33(24-27-36)40-38-22-11-10-17-32(38)25-28-39(40)31-15-6-2-7-16-31/h1-29H. The summed E-state index contributed by atoms with van der Waals surface area (Å²) in [5, 5.41) is 2.51. The van der Waals surface area contributed by atoms with E-state index in [1.54, 1.807) is 0 Å². The zero-order chi connectivity index (χ0) is 27.4. The maximum absolute atomic E-state index is 2.33. The van der Waals surface area contributed by atoms with Crippen LogP contribution in [0.15, 0.2) is 176 Å². The number of nitrogens with zero attached hydrogens (tertiary/aromatic N) is 1. The second-order valence-electron chi connectivity index (χ2n) is 10.2. The van der Waals surface area contributed by atoms with E-state index in [-0.39, 0.29) is 0 Å². The number of para-hydroxylation sites is 1. The first kappa shape index (κ1) is 24.6. The average molecular weight is 524 g/mol. The first-order chi connectivity index (χ1) is 20.3. The van der Waals surface area contributed by atoms with Crippen molar-refractivity contribution in [1.82, 2.24) is 0 Å². The molecule has 7 aromatic carbocycles. The van der Waals surface area contributed by atoms with Crippen molar-refractivity contribution in [2.45, 2.75) is 0 Å². The number of anilines is 3. The number of hydrogen-bond donors (Lipinski definition) is 0. The first-order valence-electron chi connectivity index (χ1n) is 14.0. The van der Waals surface area contributed by atoms with Crippen molar-refractivity contribution < 1.29 is 0 Å². The van der Waals surface area contributed by atoms with Crippen molar-refractivity contribution in [2.24, 2.45) is 0 Å². The van der Waals surface area contributed by atoms with E-state index >= 15 is 0 Å². The smallest absolute Gasteiger partial charge is 0.0467 e. The fourth-order valence-electron chi connectivity index (χ4n) is 5.70. The molecule has 0 fully saturated rings. The molecule has 1 nitrogen and oxygen atoms in total. The molecule has 194 valence electrons. The topological polar surface area (TPSA) is 3.24 Å². The fourth-order valence-corrected chi connectivity index (χ4v) is 5.70. The highest BCUT2D eigenvalue weighted by molar-refractivity contribution is 6.04. The lowest BCUT2D eigenvalue weighted by Crippen LogP contribution is -2.09. The summed E-state index contributed by atoms with van der Waals surface area (Å²) >= 11 is 0. The van der Waals surface area contributed by atoms with Crippen molar-refractivity contribution in [1.29, 1.82) is 0 Å². The van der Waals surface area contributed by atoms with Gasteiger partial charge in [0.15, 0.2) is 0 Å². The number of benzene rings is 7. The summed E-state index contributed by atoms with van der Waals surface area (Å²) in [6.45, 7) is 0. The van der Waals surface area contributed by atoms with E-state index in [0.717, 1.165) is 17.1 Å². The van der Waals surface area contributed by atoms with Gasteiger partial charge in [-0.25, -0.2) is 0 Å². The molecule has 0 radical (unpaired) electrons. The van der Waals surface area contributed by atoms with Crippen molar-refractivity contribution >= 4 is 27.8 Å². The van der Waals surface area contributed by atoms with Gasteiger partial charge in [-0.15, -0.1) is 0 Å². The second kappa shape index (κ2) is 11.0. The van der Waals surface area contributed by atoms with Gasteiger partial charge in [-0.05, 0) is 80.6 Å². The Morgan fingerprint density at radius 1 is 0.317 bits per heavy atom. The van der Waals surface area contributed by atoms with Crippen molar-refractivity contribution in [2.75, 3.05) is 4.90 Å². The van der Waals surface area contributed by atoms with Crippen LogP contribution in [0, 0.1) is 0 Å². The van der Waals surface area contributed by atoms with Gasteiger partial charge in [0, 0.05) is 17.1 Å². The second-order valence-corrected chi connectivity index (χ2v) is 10.2. The molecule has 0 saturated carbocycles. The molecule has 1 heteroatoms. The highest BCUT2D eigenvalue weighted by Crippen LogP contribution is 2.41. The molecule has 0 unspecified atom stereocenters. The lowest BCUT2D eigenvalue weighted by molar-refractivity contribution is 1.28. The Hall–Kier alpha value is -5.40. The molecule has 0 aromatic heterocycles. The Balaban J connectivity index is 1.36. The summed E-state index contributed by atoms with van der Waals surface area (Å²) < 4.78 is 0. The highest BCUT2D eigenvalue weighted by Gasteiger charge is 2.16. The molecular formula is C40H29N. The Bertz CT molecular complexity index is 1910. The van der Waals surface area contributed by atoms with Crippen LogP contribution in [0.2, 0.25) is 0 Å². The van der Waals surface area contributed by atoms with E-state index < -0.39 is 0 Å². The van der Waals surface area contributed by atoms with Gasteiger partial charge in [-0.3, -0.25) is 0 Å². The summed E-state index contributed by atoms with van der Waals surface area (Å²) in [4.78, 5) is 2.33. The van der Waals surface area contributed by atoms with Crippen LogP contribution in [-0.4, -0.2) is 0 Å². The van der Waals surface area contributed by atoms with Crippen LogP contribution in [0.4, 0.5) is 17.1 Å². The molecule has 0 aliphatic rings. The van der Waals surface area contributed by atoms with Gasteiger partial charge < -0.3 is 4.90 Å². The fraction of sp³-hybridized carbons (Fsp3) is 0. The highest BCUT2D eigenvalue weighted by atomic mass is 15.1. The zero-order valence-electron chi connectivity index (χ0n) is 22.7. The van der Waals surface area contributed by atoms with Gasteiger partial charge in [0.05, 0.1) is 0 Å². The molecule has 0 atom stereocenters. The van der Waals surface area contributed by atoms with Gasteiger partial charge in [-0.1, -0.05) is 140 Å². The molecule has 7 rings (SSSR count). The molecule has 0 aliphatic carbocycles. The third-order valence-corrected chi connectivity index (χ3v) is 7.65. The predicted molar refractivity (Wildman–Crippen MR) is 175 cm³/mol. The molecule has 0 spiro atoms. The van der Waals surface area contributed by atoms with Gasteiger partial charge >= 0.3 is 0 Å². The molecule has 0 amide bonds. The van der Waals surface area contributed by atoms with Crippen LogP contribution in [-0.2, 0) is 0 Å². The SMILES string of the molecule is c1ccc(-c2cccc(N(c3ccccc3)c3ccc(-c4c(-c5ccccc5)ccc5ccccc45)cc3)c2)cc1. The van der Waals surface area contributed by atoms with Gasteiger partial charge in [-0.2, -0.15) is 0 Å². The molecule has 0 aliphatic heterocycles. The van der Waals surface area contributed by atoms with E-state index in [9.17, 15) is 0 Å². The van der Waals surface area contributed by atoms with Gasteiger partial charge in [0.25, 0.3) is 0 Å². The van der Waals surface area contributed by atoms with Crippen molar-refractivity contribution in [3.05, 3.63) is 176 Å². The van der Waals surface area contributed by atoms with Crippen LogP contribution in [0.3, 0.4) is 0 Å². The molecule has 0 saturated heterocycles. The van der Waals surface area contributed by atoms with E-state index in [1.807, 2.05) is 0 Å². The Morgan fingerprint density at radius 3 is 1.61 bits per heavy atom. The largest absolute Gasteiger partial charge is 0.310 e. The third-order valence-electron chi connectivity index (χ3n) is 7.65. The van der Waals surface area contributed by atoms with E-state index in [4.69, 9.17) is 0 Å². The molecule has 0 heterocycles. The summed E-state index contributed by atoms with van der Waals surface area (Å²) in [6.07, 6.45) is 0. The Kier molecular flexibility index (Phi) is 6.61. The molecule has 0 N–H and O–H groups in total. The predicted octanol–water partition coefficient (Wildman–Crippen LogP) is 11.3. The normalized spacial score (nSPS) is 10.9. The summed E-state index contributed by atoms with van der Waals surface area (Å²) in [5.74, 6) is 0. The van der Waals surface area contributed by atoms with Gasteiger partial charge in [0.2, 0.25) is 0 Å². The molecule has 0 bridgehead atoms. The minimum absolute atomic E-state index is 1.12. The minimum atomic E-state index is 1.12. The summed E-state index contributed by atoms with van der Waals surface area (Å²) in [6, 6.07) is 62.8. The Labute approximate surface area is 241 Å². The van der Waals surface area contributed by atoms with Gasteiger partial charge in [0.1, 0.15) is 0 Å². The molecular weight excluding hydrogens is 494 g/mol. The third kappa shape index (κ3) is 4.90. The quantitative estimate of drug-likeness (QED) is 0.209. The van der Waals surface area contributed by atoms with E-state index in [2.05, 4.69) is 181 Å². The lowest BCUT2D eigenvalue weighted by Gasteiger charge is -2.26. The van der Waals surface area contributed by atoms with Crippen LogP contribution in [0.1, 0.15) is 0 Å². The maximum Gasteiger partial charge on any atom is 0.0467 e. The van der Waals surface area contributed by atoms with E-state index in [0.29, 0.717) is 0 Å². The maximum atomic E-state index is 2.33. The number of hydrogen-bond acceptors (Lipinski definition) is 1. The average Bonchev–Trinajstić information content (AvgIpc) is 3.06. The zero-order valence-corrected chi connectivity index (χ0v) is 22.7.